The number of thioether (sulfide) groups is 1. The fraction of sp³-hybridized carbons (Fsp3) is 0.381. The number of benzene rings is 1. The summed E-state index contributed by atoms with van der Waals surface area (Å²) in [5.41, 5.74) is 5.32. The van der Waals surface area contributed by atoms with Crippen molar-refractivity contribution >= 4 is 23.4 Å². The van der Waals surface area contributed by atoms with E-state index in [1.807, 2.05) is 52.0 Å². The van der Waals surface area contributed by atoms with Crippen molar-refractivity contribution in [3.05, 3.63) is 52.2 Å². The number of nitrogens with zero attached hydrogens (tertiary/aromatic N) is 2. The predicted molar refractivity (Wildman–Crippen MR) is 108 cm³/mol. The third-order valence-corrected chi connectivity index (χ3v) is 5.34. The van der Waals surface area contributed by atoms with Gasteiger partial charge in [0.2, 0.25) is 5.91 Å². The molecule has 0 bridgehead atoms. The summed E-state index contributed by atoms with van der Waals surface area (Å²) in [7, 11) is 0. The molecule has 0 spiro atoms. The van der Waals surface area contributed by atoms with Crippen LogP contribution in [0.25, 0.3) is 0 Å². The van der Waals surface area contributed by atoms with Crippen LogP contribution in [0.5, 0.6) is 0 Å². The molecule has 26 heavy (non-hydrogen) atoms. The lowest BCUT2D eigenvalue weighted by Gasteiger charge is -2.19. The molecule has 4 nitrogen and oxygen atoms in total. The number of carbonyl (C=O) groups is 1. The minimum absolute atomic E-state index is 0.0870. The van der Waals surface area contributed by atoms with Gasteiger partial charge in [-0.15, -0.1) is 0 Å². The van der Waals surface area contributed by atoms with Crippen LogP contribution in [0, 0.1) is 32.1 Å². The van der Waals surface area contributed by atoms with E-state index in [-0.39, 0.29) is 11.2 Å². The fourth-order valence-corrected chi connectivity index (χ4v) is 3.83. The molecule has 2 rings (SSSR count). The number of para-hydroxylation sites is 1. The van der Waals surface area contributed by atoms with E-state index in [1.54, 1.807) is 0 Å². The first-order chi connectivity index (χ1) is 12.2. The summed E-state index contributed by atoms with van der Waals surface area (Å²) in [5, 5.41) is 12.7. The van der Waals surface area contributed by atoms with Crippen LogP contribution in [0.2, 0.25) is 0 Å². The minimum Gasteiger partial charge on any atom is -0.325 e. The number of nitrogens with one attached hydrogen (secondary N) is 1. The van der Waals surface area contributed by atoms with Crippen molar-refractivity contribution in [1.29, 1.82) is 5.26 Å². The van der Waals surface area contributed by atoms with Crippen LogP contribution in [0.4, 0.5) is 5.69 Å². The molecule has 0 aliphatic carbocycles. The lowest BCUT2D eigenvalue weighted by Crippen LogP contribution is -2.24. The van der Waals surface area contributed by atoms with Crippen molar-refractivity contribution in [3.63, 3.8) is 0 Å². The van der Waals surface area contributed by atoms with Gasteiger partial charge >= 0.3 is 0 Å². The van der Waals surface area contributed by atoms with Gasteiger partial charge in [-0.05, 0) is 56.4 Å². The van der Waals surface area contributed by atoms with Crippen molar-refractivity contribution in [2.45, 2.75) is 57.7 Å². The summed E-state index contributed by atoms with van der Waals surface area (Å²) in [4.78, 5) is 17.2. The number of pyridine rings is 1. The summed E-state index contributed by atoms with van der Waals surface area (Å²) in [6.07, 6.45) is 0. The predicted octanol–water partition coefficient (Wildman–Crippen LogP) is 5.12. The molecule has 0 aliphatic heterocycles. The van der Waals surface area contributed by atoms with Gasteiger partial charge in [0.1, 0.15) is 11.1 Å². The van der Waals surface area contributed by atoms with E-state index < -0.39 is 0 Å². The monoisotopic (exact) mass is 367 g/mol. The Morgan fingerprint density at radius 3 is 2.50 bits per heavy atom. The summed E-state index contributed by atoms with van der Waals surface area (Å²) in [6.45, 7) is 11.9. The van der Waals surface area contributed by atoms with Crippen molar-refractivity contribution in [1.82, 2.24) is 4.98 Å². The number of anilines is 1. The van der Waals surface area contributed by atoms with Gasteiger partial charge in [0.15, 0.2) is 0 Å². The zero-order valence-corrected chi connectivity index (χ0v) is 17.0. The van der Waals surface area contributed by atoms with E-state index in [4.69, 9.17) is 0 Å². The van der Waals surface area contributed by atoms with Gasteiger partial charge in [0.05, 0.1) is 10.8 Å². The molecule has 1 atom stereocenters. The maximum atomic E-state index is 12.8. The molecule has 0 fully saturated rings. The molecular weight excluding hydrogens is 342 g/mol. The highest BCUT2D eigenvalue weighted by Crippen LogP contribution is 2.30. The third kappa shape index (κ3) is 4.44. The van der Waals surface area contributed by atoms with Crippen LogP contribution in [-0.4, -0.2) is 16.1 Å². The summed E-state index contributed by atoms with van der Waals surface area (Å²) >= 11 is 1.32. The molecular formula is C21H25N3OS. The highest BCUT2D eigenvalue weighted by Gasteiger charge is 2.20. The van der Waals surface area contributed by atoms with Crippen LogP contribution in [0.15, 0.2) is 29.3 Å². The first kappa shape index (κ1) is 20.0. The average molecular weight is 368 g/mol. The number of aryl methyl sites for hydroxylation is 3. The molecule has 0 saturated carbocycles. The van der Waals surface area contributed by atoms with E-state index in [1.165, 1.54) is 11.8 Å². The molecule has 1 amide bonds. The molecule has 0 aliphatic rings. The summed E-state index contributed by atoms with van der Waals surface area (Å²) in [5.74, 6) is 0.232. The lowest BCUT2D eigenvalue weighted by molar-refractivity contribution is -0.115. The molecule has 1 heterocycles. The number of hydrogen-bond acceptors (Lipinski definition) is 4. The van der Waals surface area contributed by atoms with E-state index in [0.29, 0.717) is 16.5 Å². The molecule has 1 aromatic heterocycles. The number of aromatic nitrogens is 1. The number of carbonyl (C=O) groups excluding carboxylic acids is 1. The lowest BCUT2D eigenvalue weighted by atomic mass is 9.98. The van der Waals surface area contributed by atoms with Gasteiger partial charge in [-0.25, -0.2) is 4.98 Å². The van der Waals surface area contributed by atoms with Crippen LogP contribution in [-0.2, 0) is 4.79 Å². The standard InChI is InChI=1S/C21H25N3OS/c1-12(2)17-9-7-8-13(3)19(17)24-20(25)16(6)26-21-18(11-22)14(4)10-15(5)23-21/h7-10,12,16H,1-6H3,(H,24,25). The molecule has 136 valence electrons. The smallest absolute Gasteiger partial charge is 0.237 e. The van der Waals surface area contributed by atoms with E-state index in [0.717, 1.165) is 28.1 Å². The first-order valence-corrected chi connectivity index (χ1v) is 9.58. The van der Waals surface area contributed by atoms with Crippen molar-refractivity contribution in [3.8, 4) is 6.07 Å². The normalized spacial score (nSPS) is 11.9. The first-order valence-electron chi connectivity index (χ1n) is 8.70. The maximum absolute atomic E-state index is 12.8. The van der Waals surface area contributed by atoms with Gasteiger partial charge in [-0.3, -0.25) is 4.79 Å². The third-order valence-electron chi connectivity index (χ3n) is 4.26. The molecule has 5 heteroatoms. The highest BCUT2D eigenvalue weighted by molar-refractivity contribution is 8.00. The fourth-order valence-electron chi connectivity index (χ4n) is 2.81. The zero-order chi connectivity index (χ0) is 19.4. The van der Waals surface area contributed by atoms with Gasteiger partial charge in [0.25, 0.3) is 0 Å². The maximum Gasteiger partial charge on any atom is 0.237 e. The van der Waals surface area contributed by atoms with E-state index in [2.05, 4.69) is 30.2 Å². The van der Waals surface area contributed by atoms with Crippen LogP contribution in [0.3, 0.4) is 0 Å². The van der Waals surface area contributed by atoms with Gasteiger partial charge in [-0.2, -0.15) is 5.26 Å². The zero-order valence-electron chi connectivity index (χ0n) is 16.2. The van der Waals surface area contributed by atoms with Crippen LogP contribution >= 0.6 is 11.8 Å². The molecule has 1 unspecified atom stereocenters. The second-order valence-electron chi connectivity index (χ2n) is 6.82. The second-order valence-corrected chi connectivity index (χ2v) is 8.15. The molecule has 0 radical (unpaired) electrons. The molecule has 0 saturated heterocycles. The quantitative estimate of drug-likeness (QED) is 0.745. The topological polar surface area (TPSA) is 65.8 Å². The Labute approximate surface area is 160 Å². The largest absolute Gasteiger partial charge is 0.325 e. The van der Waals surface area contributed by atoms with Crippen LogP contribution in [0.1, 0.15) is 54.6 Å². The number of hydrogen-bond donors (Lipinski definition) is 1. The highest BCUT2D eigenvalue weighted by atomic mass is 32.2. The Hall–Kier alpha value is -2.32. The van der Waals surface area contributed by atoms with Gasteiger partial charge < -0.3 is 5.32 Å². The molecule has 1 aromatic carbocycles. The van der Waals surface area contributed by atoms with Crippen molar-refractivity contribution in [2.75, 3.05) is 5.32 Å². The number of amides is 1. The minimum atomic E-state index is -0.365. The van der Waals surface area contributed by atoms with Gasteiger partial charge in [-0.1, -0.05) is 43.8 Å². The Morgan fingerprint density at radius 1 is 1.19 bits per heavy atom. The SMILES string of the molecule is Cc1cc(C)c(C#N)c(SC(C)C(=O)Nc2c(C)cccc2C(C)C)n1. The second kappa shape index (κ2) is 8.37. The van der Waals surface area contributed by atoms with Gasteiger partial charge in [0, 0.05) is 11.4 Å². The van der Waals surface area contributed by atoms with E-state index >= 15 is 0 Å². The summed E-state index contributed by atoms with van der Waals surface area (Å²) < 4.78 is 0. The van der Waals surface area contributed by atoms with E-state index in [9.17, 15) is 10.1 Å². The Balaban J connectivity index is 2.24. The summed E-state index contributed by atoms with van der Waals surface area (Å²) in [6, 6.07) is 10.1. The Morgan fingerprint density at radius 2 is 1.88 bits per heavy atom. The Bertz CT molecular complexity index is 868. The van der Waals surface area contributed by atoms with Crippen LogP contribution < -0.4 is 5.32 Å². The van der Waals surface area contributed by atoms with Crippen molar-refractivity contribution in [2.24, 2.45) is 0 Å². The van der Waals surface area contributed by atoms with Crippen molar-refractivity contribution < 1.29 is 4.79 Å². The number of nitriles is 1. The average Bonchev–Trinajstić information content (AvgIpc) is 2.55. The Kier molecular flexibility index (Phi) is 6.44. The molecule has 1 N–H and O–H groups in total. The molecule has 2 aromatic rings. The number of rotatable bonds is 5.